The molecule has 19 heavy (non-hydrogen) atoms. The topological polar surface area (TPSA) is 42.0 Å². The van der Waals surface area contributed by atoms with Crippen LogP contribution in [0.5, 0.6) is 0 Å². The summed E-state index contributed by atoms with van der Waals surface area (Å²) in [6, 6.07) is 7.39. The maximum atomic E-state index is 12.1. The summed E-state index contributed by atoms with van der Waals surface area (Å²) in [5.74, 6) is -2.02. The molecule has 0 spiro atoms. The van der Waals surface area contributed by atoms with Crippen LogP contribution in [-0.2, 0) is 4.79 Å². The highest BCUT2D eigenvalue weighted by Crippen LogP contribution is 2.26. The van der Waals surface area contributed by atoms with Gasteiger partial charge in [0.05, 0.1) is 5.69 Å². The Bertz CT molecular complexity index is 590. The van der Waals surface area contributed by atoms with Crippen molar-refractivity contribution in [1.82, 2.24) is 4.98 Å². The van der Waals surface area contributed by atoms with Gasteiger partial charge in [0, 0.05) is 10.9 Å². The maximum absolute atomic E-state index is 12.1. The van der Waals surface area contributed by atoms with E-state index in [4.69, 9.17) is 0 Å². The van der Waals surface area contributed by atoms with Gasteiger partial charge in [0.15, 0.2) is 5.13 Å². The zero-order valence-electron chi connectivity index (χ0n) is 9.78. The van der Waals surface area contributed by atoms with E-state index < -0.39 is 12.1 Å². The first-order chi connectivity index (χ1) is 8.86. The molecule has 0 saturated heterocycles. The first-order valence-electron chi connectivity index (χ1n) is 5.27. The molecule has 0 saturated carbocycles. The van der Waals surface area contributed by atoms with Gasteiger partial charge in [-0.25, -0.2) is 4.98 Å². The molecule has 1 amide bonds. The highest BCUT2D eigenvalue weighted by Gasteiger charge is 2.39. The molecule has 7 heteroatoms. The number of hydrogen-bond acceptors (Lipinski definition) is 3. The Morgan fingerprint density at radius 1 is 1.26 bits per heavy atom. The van der Waals surface area contributed by atoms with Crippen molar-refractivity contribution in [1.29, 1.82) is 0 Å². The number of hydrogen-bond donors (Lipinski definition) is 1. The number of nitrogens with zero attached hydrogens (tertiary/aromatic N) is 1. The molecule has 0 aliphatic heterocycles. The summed E-state index contributed by atoms with van der Waals surface area (Å²) in [6.45, 7) is 1.93. The molecule has 1 heterocycles. The summed E-state index contributed by atoms with van der Waals surface area (Å²) in [5.41, 5.74) is 2.39. The summed E-state index contributed by atoms with van der Waals surface area (Å²) >= 11 is 0.950. The molecule has 2 aromatic rings. The second kappa shape index (κ2) is 5.00. The van der Waals surface area contributed by atoms with Crippen molar-refractivity contribution in [2.45, 2.75) is 13.1 Å². The Kier molecular flexibility index (Phi) is 3.57. The number of nitrogens with one attached hydrogen (secondary N) is 1. The predicted octanol–water partition coefficient (Wildman–Crippen LogP) is 3.62. The van der Waals surface area contributed by atoms with E-state index in [9.17, 15) is 18.0 Å². The van der Waals surface area contributed by atoms with Crippen molar-refractivity contribution in [3.8, 4) is 11.3 Å². The Hall–Kier alpha value is -1.89. The number of carbonyl (C=O) groups is 1. The van der Waals surface area contributed by atoms with Crippen molar-refractivity contribution >= 4 is 22.4 Å². The molecule has 0 aliphatic carbocycles. The number of alkyl halides is 3. The van der Waals surface area contributed by atoms with Gasteiger partial charge in [0.1, 0.15) is 0 Å². The third-order valence-corrected chi connectivity index (χ3v) is 3.09. The number of aryl methyl sites for hydroxylation is 1. The Morgan fingerprint density at radius 2 is 1.89 bits per heavy atom. The minimum atomic E-state index is -4.91. The molecule has 100 valence electrons. The van der Waals surface area contributed by atoms with Crippen LogP contribution in [-0.4, -0.2) is 17.1 Å². The number of thiazole rings is 1. The molecule has 0 unspecified atom stereocenters. The highest BCUT2D eigenvalue weighted by atomic mass is 32.1. The van der Waals surface area contributed by atoms with Crippen LogP contribution in [0.25, 0.3) is 11.3 Å². The molecular formula is C12H9F3N2OS. The molecule has 0 atom stereocenters. The average molecular weight is 286 g/mol. The minimum Gasteiger partial charge on any atom is -0.294 e. The molecule has 0 bridgehead atoms. The first-order valence-corrected chi connectivity index (χ1v) is 6.15. The Balaban J connectivity index is 2.16. The lowest BCUT2D eigenvalue weighted by molar-refractivity contribution is -0.167. The van der Waals surface area contributed by atoms with Crippen LogP contribution >= 0.6 is 11.3 Å². The number of rotatable bonds is 2. The van der Waals surface area contributed by atoms with E-state index in [2.05, 4.69) is 4.98 Å². The van der Waals surface area contributed by atoms with Crippen molar-refractivity contribution in [3.05, 3.63) is 35.2 Å². The van der Waals surface area contributed by atoms with Gasteiger partial charge in [0.2, 0.25) is 0 Å². The summed E-state index contributed by atoms with van der Waals surface area (Å²) in [5, 5.41) is 3.25. The normalized spacial score (nSPS) is 11.4. The van der Waals surface area contributed by atoms with Gasteiger partial charge in [-0.15, -0.1) is 11.3 Å². The third-order valence-electron chi connectivity index (χ3n) is 2.33. The molecule has 1 aromatic carbocycles. The average Bonchev–Trinajstić information content (AvgIpc) is 2.77. The van der Waals surface area contributed by atoms with Gasteiger partial charge < -0.3 is 0 Å². The number of amides is 1. The van der Waals surface area contributed by atoms with Gasteiger partial charge in [-0.05, 0) is 6.92 Å². The highest BCUT2D eigenvalue weighted by molar-refractivity contribution is 7.14. The number of anilines is 1. The second-order valence-electron chi connectivity index (χ2n) is 3.86. The van der Waals surface area contributed by atoms with E-state index in [1.807, 2.05) is 31.2 Å². The lowest BCUT2D eigenvalue weighted by Crippen LogP contribution is -2.29. The van der Waals surface area contributed by atoms with Gasteiger partial charge in [-0.2, -0.15) is 13.2 Å². The fourth-order valence-electron chi connectivity index (χ4n) is 1.36. The van der Waals surface area contributed by atoms with E-state index in [-0.39, 0.29) is 5.13 Å². The fourth-order valence-corrected chi connectivity index (χ4v) is 2.07. The van der Waals surface area contributed by atoms with Gasteiger partial charge in [-0.1, -0.05) is 29.8 Å². The van der Waals surface area contributed by atoms with Crippen LogP contribution < -0.4 is 5.32 Å². The zero-order valence-corrected chi connectivity index (χ0v) is 10.6. The summed E-state index contributed by atoms with van der Waals surface area (Å²) < 4.78 is 36.2. The molecule has 0 radical (unpaired) electrons. The van der Waals surface area contributed by atoms with E-state index in [0.29, 0.717) is 5.69 Å². The van der Waals surface area contributed by atoms with E-state index in [0.717, 1.165) is 22.5 Å². The quantitative estimate of drug-likeness (QED) is 0.916. The van der Waals surface area contributed by atoms with Gasteiger partial charge in [0.25, 0.3) is 0 Å². The van der Waals surface area contributed by atoms with Crippen LogP contribution in [0.2, 0.25) is 0 Å². The van der Waals surface area contributed by atoms with E-state index in [1.54, 1.807) is 10.7 Å². The van der Waals surface area contributed by atoms with Crippen LogP contribution in [0.4, 0.5) is 18.3 Å². The smallest absolute Gasteiger partial charge is 0.294 e. The molecule has 0 fully saturated rings. The van der Waals surface area contributed by atoms with Gasteiger partial charge >= 0.3 is 12.1 Å². The molecule has 3 nitrogen and oxygen atoms in total. The van der Waals surface area contributed by atoms with Gasteiger partial charge in [-0.3, -0.25) is 10.1 Å². The number of carbonyl (C=O) groups excluding carboxylic acids is 1. The lowest BCUT2D eigenvalue weighted by atomic mass is 10.1. The molecule has 1 N–H and O–H groups in total. The standard InChI is InChI=1S/C12H9F3N2OS/c1-7-2-4-8(5-3-7)9-6-19-11(16-9)17-10(18)12(13,14)15/h2-6H,1H3,(H,16,17,18). The lowest BCUT2D eigenvalue weighted by Gasteiger charge is -2.04. The van der Waals surface area contributed by atoms with Crippen molar-refractivity contribution in [3.63, 3.8) is 0 Å². The monoisotopic (exact) mass is 286 g/mol. The SMILES string of the molecule is Cc1ccc(-c2csc(NC(=O)C(F)(F)F)n2)cc1. The minimum absolute atomic E-state index is 0.0714. The molecule has 0 aliphatic rings. The number of aromatic nitrogens is 1. The Morgan fingerprint density at radius 3 is 2.47 bits per heavy atom. The maximum Gasteiger partial charge on any atom is 0.471 e. The molecule has 1 aromatic heterocycles. The molecule has 2 rings (SSSR count). The molecular weight excluding hydrogens is 277 g/mol. The third kappa shape index (κ3) is 3.31. The van der Waals surface area contributed by atoms with Crippen LogP contribution in [0.15, 0.2) is 29.6 Å². The zero-order chi connectivity index (χ0) is 14.0. The first kappa shape index (κ1) is 13.5. The number of halogens is 3. The van der Waals surface area contributed by atoms with Crippen molar-refractivity contribution in [2.24, 2.45) is 0 Å². The van der Waals surface area contributed by atoms with E-state index in [1.165, 1.54) is 0 Å². The van der Waals surface area contributed by atoms with Crippen molar-refractivity contribution < 1.29 is 18.0 Å². The fraction of sp³-hybridized carbons (Fsp3) is 0.167. The Labute approximate surface area is 111 Å². The van der Waals surface area contributed by atoms with Crippen LogP contribution in [0, 0.1) is 6.92 Å². The van der Waals surface area contributed by atoms with E-state index >= 15 is 0 Å². The predicted molar refractivity (Wildman–Crippen MR) is 67.0 cm³/mol. The summed E-state index contributed by atoms with van der Waals surface area (Å²) in [7, 11) is 0. The van der Waals surface area contributed by atoms with Crippen LogP contribution in [0.1, 0.15) is 5.56 Å². The largest absolute Gasteiger partial charge is 0.471 e. The summed E-state index contributed by atoms with van der Waals surface area (Å²) in [4.78, 5) is 14.7. The van der Waals surface area contributed by atoms with Crippen LogP contribution in [0.3, 0.4) is 0 Å². The van der Waals surface area contributed by atoms with Crippen molar-refractivity contribution in [2.75, 3.05) is 5.32 Å². The second-order valence-corrected chi connectivity index (χ2v) is 4.71. The number of benzene rings is 1. The summed E-state index contributed by atoms with van der Waals surface area (Å²) in [6.07, 6.45) is -4.91.